The number of sulfonamides is 1. The number of halogens is 1. The third kappa shape index (κ3) is 4.99. The largest absolute Gasteiger partial charge is 0.342 e. The minimum Gasteiger partial charge on any atom is -0.342 e. The van der Waals surface area contributed by atoms with Crippen LogP contribution in [0, 0.1) is 6.92 Å². The molecule has 1 aromatic heterocycles. The summed E-state index contributed by atoms with van der Waals surface area (Å²) in [5.41, 5.74) is 0.677. The van der Waals surface area contributed by atoms with Crippen molar-refractivity contribution in [3.8, 4) is 0 Å². The molecule has 0 radical (unpaired) electrons. The Balaban J connectivity index is 1.57. The van der Waals surface area contributed by atoms with Gasteiger partial charge in [-0.25, -0.2) is 13.4 Å². The molecule has 27 heavy (non-hydrogen) atoms. The highest BCUT2D eigenvalue weighted by Crippen LogP contribution is 2.24. The molecule has 9 heteroatoms. The Bertz CT molecular complexity index is 771. The molecule has 7 nitrogen and oxygen atoms in total. The summed E-state index contributed by atoms with van der Waals surface area (Å²) in [4.78, 5) is 20.6. The molecule has 0 bridgehead atoms. The van der Waals surface area contributed by atoms with Gasteiger partial charge in [-0.1, -0.05) is 24.4 Å². The molecule has 0 aliphatic carbocycles. The van der Waals surface area contributed by atoms with E-state index in [2.05, 4.69) is 4.98 Å². The van der Waals surface area contributed by atoms with Crippen LogP contribution in [0.5, 0.6) is 0 Å². The first-order valence-electron chi connectivity index (χ1n) is 9.51. The molecule has 2 fully saturated rings. The van der Waals surface area contributed by atoms with Gasteiger partial charge in [-0.3, -0.25) is 9.69 Å². The molecule has 3 rings (SSSR count). The van der Waals surface area contributed by atoms with Gasteiger partial charge in [-0.05, 0) is 31.9 Å². The highest BCUT2D eigenvalue weighted by atomic mass is 35.5. The maximum atomic E-state index is 12.8. The monoisotopic (exact) mass is 414 g/mol. The summed E-state index contributed by atoms with van der Waals surface area (Å²) >= 11 is 6.05. The summed E-state index contributed by atoms with van der Waals surface area (Å²) < 4.78 is 27.1. The molecular formula is C18H27ClN4O3S. The third-order valence-corrected chi connectivity index (χ3v) is 7.55. The van der Waals surface area contributed by atoms with Gasteiger partial charge in [-0.2, -0.15) is 4.31 Å². The van der Waals surface area contributed by atoms with Crippen molar-refractivity contribution in [2.45, 2.75) is 37.5 Å². The molecule has 2 aliphatic rings. The topological polar surface area (TPSA) is 73.8 Å². The van der Waals surface area contributed by atoms with Crippen LogP contribution < -0.4 is 0 Å². The maximum absolute atomic E-state index is 12.8. The van der Waals surface area contributed by atoms with Gasteiger partial charge in [-0.15, -0.1) is 0 Å². The van der Waals surface area contributed by atoms with E-state index < -0.39 is 10.0 Å². The zero-order valence-electron chi connectivity index (χ0n) is 15.7. The van der Waals surface area contributed by atoms with Crippen LogP contribution in [0.3, 0.4) is 0 Å². The van der Waals surface area contributed by atoms with Crippen LogP contribution in [0.2, 0.25) is 5.15 Å². The van der Waals surface area contributed by atoms with E-state index in [0.29, 0.717) is 38.4 Å². The number of amides is 1. The summed E-state index contributed by atoms with van der Waals surface area (Å²) in [5.74, 6) is 0.152. The molecule has 0 unspecified atom stereocenters. The number of hydrogen-bond donors (Lipinski definition) is 0. The molecule has 0 N–H and O–H groups in total. The van der Waals surface area contributed by atoms with Crippen molar-refractivity contribution in [2.75, 3.05) is 45.8 Å². The van der Waals surface area contributed by atoms with Gasteiger partial charge in [0.15, 0.2) is 0 Å². The Labute approximate surface area is 166 Å². The van der Waals surface area contributed by atoms with Crippen LogP contribution in [0.15, 0.2) is 17.0 Å². The molecule has 1 aromatic rings. The molecule has 1 amide bonds. The number of hydrogen-bond acceptors (Lipinski definition) is 5. The SMILES string of the molecule is Cc1ccc(S(=O)(=O)N2CCN(CC(=O)N3CCCCCC3)CC2)c(Cl)n1. The second kappa shape index (κ2) is 8.86. The highest BCUT2D eigenvalue weighted by molar-refractivity contribution is 7.89. The molecule has 0 aromatic carbocycles. The molecular weight excluding hydrogens is 388 g/mol. The molecule has 0 atom stereocenters. The third-order valence-electron chi connectivity index (χ3n) is 5.22. The second-order valence-corrected chi connectivity index (χ2v) is 9.48. The van der Waals surface area contributed by atoms with E-state index in [1.165, 1.54) is 23.2 Å². The Morgan fingerprint density at radius 2 is 1.67 bits per heavy atom. The van der Waals surface area contributed by atoms with Crippen molar-refractivity contribution >= 4 is 27.5 Å². The van der Waals surface area contributed by atoms with Gasteiger partial charge < -0.3 is 4.90 Å². The fraction of sp³-hybridized carbons (Fsp3) is 0.667. The Morgan fingerprint density at radius 3 is 2.26 bits per heavy atom. The Kier molecular flexibility index (Phi) is 6.73. The van der Waals surface area contributed by atoms with Crippen molar-refractivity contribution in [3.05, 3.63) is 23.0 Å². The number of likely N-dealkylation sites (tertiary alicyclic amines) is 1. The van der Waals surface area contributed by atoms with Crippen molar-refractivity contribution < 1.29 is 13.2 Å². The van der Waals surface area contributed by atoms with Crippen LogP contribution in [-0.4, -0.2) is 79.2 Å². The highest BCUT2D eigenvalue weighted by Gasteiger charge is 2.31. The average molecular weight is 415 g/mol. The summed E-state index contributed by atoms with van der Waals surface area (Å²) in [5, 5.41) is 0.00812. The number of carbonyl (C=O) groups is 1. The number of rotatable bonds is 4. The maximum Gasteiger partial charge on any atom is 0.246 e. The number of aryl methyl sites for hydroxylation is 1. The predicted octanol–water partition coefficient (Wildman–Crippen LogP) is 1.75. The lowest BCUT2D eigenvalue weighted by molar-refractivity contribution is -0.132. The minimum atomic E-state index is -3.67. The molecule has 3 heterocycles. The molecule has 2 saturated heterocycles. The first-order chi connectivity index (χ1) is 12.9. The van der Waals surface area contributed by atoms with Crippen LogP contribution in [0.25, 0.3) is 0 Å². The van der Waals surface area contributed by atoms with E-state index in [1.54, 1.807) is 13.0 Å². The quantitative estimate of drug-likeness (QED) is 0.702. The summed E-state index contributed by atoms with van der Waals surface area (Å²) in [7, 11) is -3.67. The van der Waals surface area contributed by atoms with E-state index in [-0.39, 0.29) is 16.0 Å². The van der Waals surface area contributed by atoms with Gasteiger partial charge in [0.25, 0.3) is 0 Å². The minimum absolute atomic E-state index is 0.00812. The molecule has 2 aliphatic heterocycles. The predicted molar refractivity (Wildman–Crippen MR) is 104 cm³/mol. The lowest BCUT2D eigenvalue weighted by Crippen LogP contribution is -2.51. The standard InChI is InChI=1S/C18H27ClN4O3S/c1-15-6-7-16(18(19)20-15)27(25,26)23-12-10-21(11-13-23)14-17(24)22-8-4-2-3-5-9-22/h6-7H,2-5,8-14H2,1H3. The van der Waals surface area contributed by atoms with Crippen LogP contribution in [-0.2, 0) is 14.8 Å². The van der Waals surface area contributed by atoms with E-state index in [0.717, 1.165) is 25.9 Å². The molecule has 0 spiro atoms. The smallest absolute Gasteiger partial charge is 0.246 e. The normalized spacial score (nSPS) is 20.4. The number of piperazine rings is 1. The fourth-order valence-electron chi connectivity index (χ4n) is 3.58. The number of carbonyl (C=O) groups excluding carboxylic acids is 1. The van der Waals surface area contributed by atoms with Gasteiger partial charge in [0.05, 0.1) is 6.54 Å². The first kappa shape index (κ1) is 20.5. The van der Waals surface area contributed by atoms with E-state index in [4.69, 9.17) is 11.6 Å². The average Bonchev–Trinajstić information content (AvgIpc) is 2.91. The lowest BCUT2D eigenvalue weighted by atomic mass is 10.2. The van der Waals surface area contributed by atoms with Gasteiger partial charge in [0.1, 0.15) is 10.0 Å². The molecule has 0 saturated carbocycles. The lowest BCUT2D eigenvalue weighted by Gasteiger charge is -2.34. The van der Waals surface area contributed by atoms with E-state index >= 15 is 0 Å². The van der Waals surface area contributed by atoms with Gasteiger partial charge in [0.2, 0.25) is 15.9 Å². The summed E-state index contributed by atoms with van der Waals surface area (Å²) in [6, 6.07) is 3.16. The number of aromatic nitrogens is 1. The van der Waals surface area contributed by atoms with Crippen molar-refractivity contribution in [1.82, 2.24) is 19.1 Å². The van der Waals surface area contributed by atoms with Crippen molar-refractivity contribution in [2.24, 2.45) is 0 Å². The van der Waals surface area contributed by atoms with E-state index in [9.17, 15) is 13.2 Å². The van der Waals surface area contributed by atoms with Crippen LogP contribution in [0.1, 0.15) is 31.4 Å². The van der Waals surface area contributed by atoms with Crippen molar-refractivity contribution in [3.63, 3.8) is 0 Å². The Morgan fingerprint density at radius 1 is 1.04 bits per heavy atom. The van der Waals surface area contributed by atoms with Crippen LogP contribution in [0.4, 0.5) is 0 Å². The summed E-state index contributed by atoms with van der Waals surface area (Å²) in [6.07, 6.45) is 4.53. The zero-order chi connectivity index (χ0) is 19.4. The first-order valence-corrected chi connectivity index (χ1v) is 11.3. The van der Waals surface area contributed by atoms with Crippen LogP contribution >= 0.6 is 11.6 Å². The zero-order valence-corrected chi connectivity index (χ0v) is 17.3. The molecule has 150 valence electrons. The number of nitrogens with zero attached hydrogens (tertiary/aromatic N) is 4. The Hall–Kier alpha value is -1.22. The summed E-state index contributed by atoms with van der Waals surface area (Å²) in [6.45, 7) is 5.58. The van der Waals surface area contributed by atoms with Gasteiger partial charge in [0, 0.05) is 45.0 Å². The van der Waals surface area contributed by atoms with Gasteiger partial charge >= 0.3 is 0 Å². The number of pyridine rings is 1. The van der Waals surface area contributed by atoms with E-state index in [1.807, 2.05) is 9.80 Å². The van der Waals surface area contributed by atoms with Crippen molar-refractivity contribution in [1.29, 1.82) is 0 Å². The fourth-order valence-corrected chi connectivity index (χ4v) is 5.49. The second-order valence-electron chi connectivity index (χ2n) is 7.22.